The Balaban J connectivity index is 1.80. The van der Waals surface area contributed by atoms with E-state index in [9.17, 15) is 9.59 Å². The lowest BCUT2D eigenvalue weighted by Crippen LogP contribution is -2.11. The Labute approximate surface area is 121 Å². The average Bonchev–Trinajstić information content (AvgIpc) is 2.95. The van der Waals surface area contributed by atoms with E-state index in [0.29, 0.717) is 16.8 Å². The highest BCUT2D eigenvalue weighted by Gasteiger charge is 2.08. The molecule has 3 rings (SSSR count). The fourth-order valence-corrected chi connectivity index (χ4v) is 2.08. The lowest BCUT2D eigenvalue weighted by molar-refractivity contribution is 0.101. The van der Waals surface area contributed by atoms with E-state index in [1.807, 2.05) is 6.07 Å². The molecule has 2 N–H and O–H groups in total. The van der Waals surface area contributed by atoms with Crippen LogP contribution in [0.4, 0.5) is 5.69 Å². The monoisotopic (exact) mass is 279 g/mol. The minimum atomic E-state index is -0.200. The maximum absolute atomic E-state index is 12.2. The highest BCUT2D eigenvalue weighted by molar-refractivity contribution is 6.06. The molecule has 0 saturated carbocycles. The van der Waals surface area contributed by atoms with Gasteiger partial charge < -0.3 is 5.32 Å². The highest BCUT2D eigenvalue weighted by atomic mass is 16.1. The summed E-state index contributed by atoms with van der Waals surface area (Å²) in [7, 11) is 0. The van der Waals surface area contributed by atoms with Gasteiger partial charge in [0.2, 0.25) is 0 Å². The summed E-state index contributed by atoms with van der Waals surface area (Å²) in [5.74, 6) is -0.202. The number of amides is 1. The van der Waals surface area contributed by atoms with E-state index in [1.54, 1.807) is 42.6 Å². The van der Waals surface area contributed by atoms with Crippen molar-refractivity contribution in [3.05, 3.63) is 59.8 Å². The van der Waals surface area contributed by atoms with Crippen LogP contribution in [-0.2, 0) is 0 Å². The number of hydrogen-bond donors (Lipinski definition) is 2. The van der Waals surface area contributed by atoms with Crippen LogP contribution in [0.15, 0.2) is 48.7 Å². The summed E-state index contributed by atoms with van der Waals surface area (Å²) >= 11 is 0. The summed E-state index contributed by atoms with van der Waals surface area (Å²) in [6.07, 6.45) is 1.67. The van der Waals surface area contributed by atoms with E-state index < -0.39 is 0 Å². The molecule has 0 bridgehead atoms. The van der Waals surface area contributed by atoms with Gasteiger partial charge in [0, 0.05) is 22.2 Å². The molecule has 5 nitrogen and oxygen atoms in total. The molecular formula is C16H13N3O2. The zero-order valence-electron chi connectivity index (χ0n) is 11.4. The molecule has 104 valence electrons. The lowest BCUT2D eigenvalue weighted by atomic mass is 10.1. The van der Waals surface area contributed by atoms with Crippen LogP contribution in [0.25, 0.3) is 10.9 Å². The van der Waals surface area contributed by atoms with Crippen molar-refractivity contribution < 1.29 is 9.59 Å². The van der Waals surface area contributed by atoms with Crippen LogP contribution in [0.2, 0.25) is 0 Å². The van der Waals surface area contributed by atoms with E-state index in [4.69, 9.17) is 0 Å². The molecular weight excluding hydrogens is 266 g/mol. The fourth-order valence-electron chi connectivity index (χ4n) is 2.08. The predicted molar refractivity (Wildman–Crippen MR) is 80.5 cm³/mol. The van der Waals surface area contributed by atoms with E-state index in [2.05, 4.69) is 15.5 Å². The molecule has 0 spiro atoms. The second-order valence-corrected chi connectivity index (χ2v) is 4.76. The SMILES string of the molecule is CC(=O)c1ccc(NC(=O)c2ccc3[nH]ncc3c2)cc1. The number of Topliss-reactive ketones (excluding diaryl/α,β-unsaturated/α-hetero) is 1. The molecule has 1 heterocycles. The summed E-state index contributed by atoms with van der Waals surface area (Å²) in [5, 5.41) is 10.4. The first kappa shape index (κ1) is 13.1. The number of benzene rings is 2. The van der Waals surface area contributed by atoms with Crippen molar-refractivity contribution in [2.75, 3.05) is 5.32 Å². The van der Waals surface area contributed by atoms with Gasteiger partial charge in [-0.05, 0) is 49.4 Å². The Morgan fingerprint density at radius 2 is 1.76 bits per heavy atom. The number of anilines is 1. The minimum Gasteiger partial charge on any atom is -0.322 e. The molecule has 2 aromatic carbocycles. The van der Waals surface area contributed by atoms with Gasteiger partial charge in [-0.25, -0.2) is 0 Å². The van der Waals surface area contributed by atoms with Crippen LogP contribution in [0.5, 0.6) is 0 Å². The molecule has 0 radical (unpaired) electrons. The van der Waals surface area contributed by atoms with Crippen molar-refractivity contribution in [2.24, 2.45) is 0 Å². The molecule has 0 aliphatic heterocycles. The molecule has 3 aromatic rings. The first-order valence-corrected chi connectivity index (χ1v) is 6.49. The summed E-state index contributed by atoms with van der Waals surface area (Å²) in [4.78, 5) is 23.4. The van der Waals surface area contributed by atoms with Crippen molar-refractivity contribution >= 4 is 28.3 Å². The van der Waals surface area contributed by atoms with E-state index in [0.717, 1.165) is 10.9 Å². The van der Waals surface area contributed by atoms with Gasteiger partial charge in [0.05, 0.1) is 11.7 Å². The molecule has 1 amide bonds. The quantitative estimate of drug-likeness (QED) is 0.724. The van der Waals surface area contributed by atoms with Gasteiger partial charge in [-0.1, -0.05) is 0 Å². The summed E-state index contributed by atoms with van der Waals surface area (Å²) in [5.41, 5.74) is 2.71. The molecule has 0 aliphatic rings. The number of nitrogens with one attached hydrogen (secondary N) is 2. The van der Waals surface area contributed by atoms with Crippen molar-refractivity contribution in [1.82, 2.24) is 10.2 Å². The number of aromatic amines is 1. The lowest BCUT2D eigenvalue weighted by Gasteiger charge is -2.06. The maximum atomic E-state index is 12.2. The minimum absolute atomic E-state index is 0.00159. The molecule has 1 aromatic heterocycles. The van der Waals surface area contributed by atoms with Crippen LogP contribution in [0.3, 0.4) is 0 Å². The number of H-pyrrole nitrogens is 1. The zero-order chi connectivity index (χ0) is 14.8. The summed E-state index contributed by atoms with van der Waals surface area (Å²) in [6.45, 7) is 1.51. The van der Waals surface area contributed by atoms with E-state index in [-0.39, 0.29) is 11.7 Å². The second-order valence-electron chi connectivity index (χ2n) is 4.76. The fraction of sp³-hybridized carbons (Fsp3) is 0.0625. The third kappa shape index (κ3) is 2.67. The third-order valence-corrected chi connectivity index (χ3v) is 3.25. The van der Waals surface area contributed by atoms with Crippen LogP contribution in [-0.4, -0.2) is 21.9 Å². The average molecular weight is 279 g/mol. The van der Waals surface area contributed by atoms with Crippen LogP contribution in [0.1, 0.15) is 27.6 Å². The topological polar surface area (TPSA) is 74.8 Å². The predicted octanol–water partition coefficient (Wildman–Crippen LogP) is 3.02. The molecule has 0 aliphatic carbocycles. The number of carbonyl (C=O) groups is 2. The maximum Gasteiger partial charge on any atom is 0.255 e. The number of fused-ring (bicyclic) bond motifs is 1. The summed E-state index contributed by atoms with van der Waals surface area (Å²) < 4.78 is 0. The Kier molecular flexibility index (Phi) is 3.23. The Morgan fingerprint density at radius 3 is 2.48 bits per heavy atom. The van der Waals surface area contributed by atoms with Crippen LogP contribution >= 0.6 is 0 Å². The Hall–Kier alpha value is -2.95. The largest absolute Gasteiger partial charge is 0.322 e. The number of aromatic nitrogens is 2. The van der Waals surface area contributed by atoms with Crippen molar-refractivity contribution in [2.45, 2.75) is 6.92 Å². The number of nitrogens with zero attached hydrogens (tertiary/aromatic N) is 1. The summed E-state index contributed by atoms with van der Waals surface area (Å²) in [6, 6.07) is 12.1. The van der Waals surface area contributed by atoms with Crippen molar-refractivity contribution in [1.29, 1.82) is 0 Å². The standard InChI is InChI=1S/C16H13N3O2/c1-10(20)11-2-5-14(6-3-11)18-16(21)12-4-7-15-13(8-12)9-17-19-15/h2-9H,1H3,(H,17,19)(H,18,21). The van der Waals surface area contributed by atoms with Gasteiger partial charge in [0.1, 0.15) is 0 Å². The van der Waals surface area contributed by atoms with Gasteiger partial charge in [0.25, 0.3) is 5.91 Å². The molecule has 21 heavy (non-hydrogen) atoms. The molecule has 0 atom stereocenters. The first-order chi connectivity index (χ1) is 10.1. The Morgan fingerprint density at radius 1 is 1.05 bits per heavy atom. The smallest absolute Gasteiger partial charge is 0.255 e. The van der Waals surface area contributed by atoms with E-state index >= 15 is 0 Å². The Bertz CT molecular complexity index is 819. The normalized spacial score (nSPS) is 10.5. The first-order valence-electron chi connectivity index (χ1n) is 6.49. The van der Waals surface area contributed by atoms with Gasteiger partial charge in [0.15, 0.2) is 5.78 Å². The van der Waals surface area contributed by atoms with Crippen molar-refractivity contribution in [3.63, 3.8) is 0 Å². The third-order valence-electron chi connectivity index (χ3n) is 3.25. The number of ketones is 1. The van der Waals surface area contributed by atoms with Gasteiger partial charge in [-0.15, -0.1) is 0 Å². The van der Waals surface area contributed by atoms with Crippen LogP contribution in [0, 0.1) is 0 Å². The number of carbonyl (C=O) groups excluding carboxylic acids is 2. The van der Waals surface area contributed by atoms with Gasteiger partial charge in [-0.2, -0.15) is 5.10 Å². The second kappa shape index (κ2) is 5.20. The molecule has 5 heteroatoms. The highest BCUT2D eigenvalue weighted by Crippen LogP contribution is 2.15. The van der Waals surface area contributed by atoms with Crippen molar-refractivity contribution in [3.8, 4) is 0 Å². The zero-order valence-corrected chi connectivity index (χ0v) is 11.4. The van der Waals surface area contributed by atoms with Gasteiger partial charge >= 0.3 is 0 Å². The number of rotatable bonds is 3. The number of hydrogen-bond acceptors (Lipinski definition) is 3. The van der Waals surface area contributed by atoms with E-state index in [1.165, 1.54) is 6.92 Å². The molecule has 0 saturated heterocycles. The van der Waals surface area contributed by atoms with Crippen LogP contribution < -0.4 is 5.32 Å². The van der Waals surface area contributed by atoms with Gasteiger partial charge in [-0.3, -0.25) is 14.7 Å². The molecule has 0 fully saturated rings. The molecule has 0 unspecified atom stereocenters.